The third-order valence-corrected chi connectivity index (χ3v) is 9.60. The molecule has 0 radical (unpaired) electrons. The molecular formula is C27H32N2O4S. The minimum atomic E-state index is -0.954. The van der Waals surface area contributed by atoms with Crippen molar-refractivity contribution in [3.8, 4) is 0 Å². The standard InChI is InChI=1S/C27H32N2O4S/c1-26(2,21-4-3-9-34-21)24(32)29-22-19-10-17-11-20(22)14-27(12-17,13-19)25(33)28-15-16-5-7-18(8-6-16)23(30)31/h3-9,17,19-20,22H,10-15H2,1-2H3,(H,28,33)(H,29,32)(H,30,31)/t17?,19-,20+,22?,27?. The highest BCUT2D eigenvalue weighted by Gasteiger charge is 2.58. The van der Waals surface area contributed by atoms with Gasteiger partial charge in [0.05, 0.1) is 16.4 Å². The number of carbonyl (C=O) groups excluding carboxylic acids is 2. The van der Waals surface area contributed by atoms with Crippen molar-refractivity contribution in [2.45, 2.75) is 64.0 Å². The number of carboxylic acid groups (broad SMARTS) is 1. The Morgan fingerprint density at radius 2 is 1.74 bits per heavy atom. The van der Waals surface area contributed by atoms with Crippen molar-refractivity contribution in [3.63, 3.8) is 0 Å². The van der Waals surface area contributed by atoms with E-state index in [4.69, 9.17) is 5.11 Å². The molecule has 1 aromatic heterocycles. The fourth-order valence-corrected chi connectivity index (χ4v) is 7.60. The van der Waals surface area contributed by atoms with E-state index >= 15 is 0 Å². The van der Waals surface area contributed by atoms with Crippen molar-refractivity contribution in [2.24, 2.45) is 23.2 Å². The highest BCUT2D eigenvalue weighted by Crippen LogP contribution is 2.60. The van der Waals surface area contributed by atoms with Crippen LogP contribution in [0.4, 0.5) is 0 Å². The molecule has 34 heavy (non-hydrogen) atoms. The van der Waals surface area contributed by atoms with Crippen LogP contribution in [0.3, 0.4) is 0 Å². The number of hydrogen-bond acceptors (Lipinski definition) is 4. The molecule has 6 rings (SSSR count). The molecule has 180 valence electrons. The highest BCUT2D eigenvalue weighted by molar-refractivity contribution is 7.10. The number of aromatic carboxylic acids is 1. The highest BCUT2D eigenvalue weighted by atomic mass is 32.1. The molecule has 4 saturated carbocycles. The Hall–Kier alpha value is -2.67. The van der Waals surface area contributed by atoms with Gasteiger partial charge < -0.3 is 15.7 Å². The second-order valence-electron chi connectivity index (χ2n) is 11.0. The lowest BCUT2D eigenvalue weighted by atomic mass is 9.47. The summed E-state index contributed by atoms with van der Waals surface area (Å²) in [6.45, 7) is 4.38. The minimum Gasteiger partial charge on any atom is -0.478 e. The van der Waals surface area contributed by atoms with Gasteiger partial charge in [-0.3, -0.25) is 9.59 Å². The molecule has 0 saturated heterocycles. The van der Waals surface area contributed by atoms with Gasteiger partial charge in [0.25, 0.3) is 0 Å². The van der Waals surface area contributed by atoms with E-state index in [2.05, 4.69) is 10.6 Å². The van der Waals surface area contributed by atoms with E-state index in [0.29, 0.717) is 24.3 Å². The predicted molar refractivity (Wildman–Crippen MR) is 131 cm³/mol. The van der Waals surface area contributed by atoms with Crippen molar-refractivity contribution in [3.05, 3.63) is 57.8 Å². The first-order valence-corrected chi connectivity index (χ1v) is 13.0. The minimum absolute atomic E-state index is 0.0794. The summed E-state index contributed by atoms with van der Waals surface area (Å²) in [4.78, 5) is 38.8. The lowest BCUT2D eigenvalue weighted by Gasteiger charge is -2.59. The van der Waals surface area contributed by atoms with Crippen LogP contribution in [-0.2, 0) is 21.5 Å². The van der Waals surface area contributed by atoms with E-state index in [9.17, 15) is 14.4 Å². The molecule has 6 nitrogen and oxygen atoms in total. The third kappa shape index (κ3) is 4.04. The van der Waals surface area contributed by atoms with Gasteiger partial charge in [-0.05, 0) is 92.8 Å². The number of benzene rings is 1. The quantitative estimate of drug-likeness (QED) is 0.549. The molecule has 3 unspecified atom stereocenters. The first-order valence-electron chi connectivity index (χ1n) is 12.1. The molecule has 0 aliphatic heterocycles. The van der Waals surface area contributed by atoms with Crippen LogP contribution in [0.25, 0.3) is 0 Å². The van der Waals surface area contributed by atoms with Crippen LogP contribution in [0.1, 0.15) is 66.8 Å². The Morgan fingerprint density at radius 1 is 1.06 bits per heavy atom. The number of amides is 2. The summed E-state index contributed by atoms with van der Waals surface area (Å²) in [6.07, 6.45) is 4.77. The van der Waals surface area contributed by atoms with E-state index < -0.39 is 11.4 Å². The average molecular weight is 481 g/mol. The number of thiophene rings is 1. The SMILES string of the molecule is CC(C)(C(=O)NC1[C@@H]2CC3C[C@H]1CC(C(=O)NCc1ccc(C(=O)O)cc1)(C3)C2)c1cccs1. The molecule has 0 spiro atoms. The lowest BCUT2D eigenvalue weighted by Crippen LogP contribution is -2.63. The zero-order chi connectivity index (χ0) is 24.1. The molecule has 4 aliphatic rings. The fraction of sp³-hybridized carbons (Fsp3) is 0.519. The zero-order valence-electron chi connectivity index (χ0n) is 19.7. The fourth-order valence-electron chi connectivity index (χ4n) is 6.75. The normalized spacial score (nSPS) is 29.6. The maximum atomic E-state index is 13.4. The summed E-state index contributed by atoms with van der Waals surface area (Å²) in [5, 5.41) is 17.6. The second kappa shape index (κ2) is 8.52. The Morgan fingerprint density at radius 3 is 2.32 bits per heavy atom. The number of hydrogen-bond donors (Lipinski definition) is 3. The number of rotatable bonds is 7. The number of carboxylic acids is 1. The van der Waals surface area contributed by atoms with Crippen LogP contribution < -0.4 is 10.6 Å². The summed E-state index contributed by atoms with van der Waals surface area (Å²) in [7, 11) is 0. The Bertz CT molecular complexity index is 1080. The average Bonchev–Trinajstić information content (AvgIpc) is 3.35. The van der Waals surface area contributed by atoms with Gasteiger partial charge in [-0.1, -0.05) is 18.2 Å². The number of nitrogens with one attached hydrogen (secondary N) is 2. The Balaban J connectivity index is 1.24. The summed E-state index contributed by atoms with van der Waals surface area (Å²) in [5.74, 6) is 0.472. The van der Waals surface area contributed by atoms with Crippen molar-refractivity contribution < 1.29 is 19.5 Å². The summed E-state index contributed by atoms with van der Waals surface area (Å²) >= 11 is 1.62. The van der Waals surface area contributed by atoms with Crippen LogP contribution in [0, 0.1) is 23.2 Å². The lowest BCUT2D eigenvalue weighted by molar-refractivity contribution is -0.151. The maximum absolute atomic E-state index is 13.4. The second-order valence-corrected chi connectivity index (χ2v) is 12.0. The molecule has 2 aromatic rings. The van der Waals surface area contributed by atoms with Crippen LogP contribution in [-0.4, -0.2) is 28.9 Å². The molecule has 4 aliphatic carbocycles. The van der Waals surface area contributed by atoms with Gasteiger partial charge in [-0.2, -0.15) is 0 Å². The zero-order valence-corrected chi connectivity index (χ0v) is 20.5. The summed E-state index contributed by atoms with van der Waals surface area (Å²) in [5.41, 5.74) is 0.228. The molecule has 7 heteroatoms. The largest absolute Gasteiger partial charge is 0.478 e. The molecule has 5 atom stereocenters. The van der Waals surface area contributed by atoms with E-state index in [1.807, 2.05) is 31.4 Å². The molecule has 1 heterocycles. The van der Waals surface area contributed by atoms with Crippen molar-refractivity contribution in [2.75, 3.05) is 0 Å². The Kier molecular flexibility index (Phi) is 5.79. The van der Waals surface area contributed by atoms with Gasteiger partial charge in [0.2, 0.25) is 11.8 Å². The maximum Gasteiger partial charge on any atom is 0.335 e. The molecule has 1 aromatic carbocycles. The summed E-state index contributed by atoms with van der Waals surface area (Å²) in [6, 6.07) is 10.8. The molecule has 2 amide bonds. The van der Waals surface area contributed by atoms with Gasteiger partial charge in [-0.25, -0.2) is 4.79 Å². The van der Waals surface area contributed by atoms with Crippen LogP contribution >= 0.6 is 11.3 Å². The monoisotopic (exact) mass is 480 g/mol. The predicted octanol–water partition coefficient (Wildman–Crippen LogP) is 4.35. The first-order chi connectivity index (χ1) is 16.2. The van der Waals surface area contributed by atoms with Gasteiger partial charge >= 0.3 is 5.97 Å². The van der Waals surface area contributed by atoms with Gasteiger partial charge in [0, 0.05) is 17.5 Å². The van der Waals surface area contributed by atoms with Crippen LogP contribution in [0.15, 0.2) is 41.8 Å². The smallest absolute Gasteiger partial charge is 0.335 e. The van der Waals surface area contributed by atoms with E-state index in [1.54, 1.807) is 35.6 Å². The van der Waals surface area contributed by atoms with Crippen molar-refractivity contribution >= 4 is 29.1 Å². The molecule has 3 N–H and O–H groups in total. The van der Waals surface area contributed by atoms with Crippen molar-refractivity contribution in [1.29, 1.82) is 0 Å². The van der Waals surface area contributed by atoms with Crippen LogP contribution in [0.2, 0.25) is 0 Å². The number of carbonyl (C=O) groups is 3. The van der Waals surface area contributed by atoms with E-state index in [1.165, 1.54) is 0 Å². The summed E-state index contributed by atoms with van der Waals surface area (Å²) < 4.78 is 0. The first kappa shape index (κ1) is 23.1. The van der Waals surface area contributed by atoms with Gasteiger partial charge in [-0.15, -0.1) is 11.3 Å². The van der Waals surface area contributed by atoms with E-state index in [-0.39, 0.29) is 28.8 Å². The third-order valence-electron chi connectivity index (χ3n) is 8.41. The molecular weight excluding hydrogens is 448 g/mol. The van der Waals surface area contributed by atoms with Gasteiger partial charge in [0.15, 0.2) is 0 Å². The van der Waals surface area contributed by atoms with E-state index in [0.717, 1.165) is 42.5 Å². The topological polar surface area (TPSA) is 95.5 Å². The van der Waals surface area contributed by atoms with Crippen LogP contribution in [0.5, 0.6) is 0 Å². The van der Waals surface area contributed by atoms with Crippen molar-refractivity contribution in [1.82, 2.24) is 10.6 Å². The molecule has 4 bridgehead atoms. The molecule has 4 fully saturated rings. The van der Waals surface area contributed by atoms with Gasteiger partial charge in [0.1, 0.15) is 0 Å². The Labute approximate surface area is 204 Å².